The predicted octanol–water partition coefficient (Wildman–Crippen LogP) is 3.32. The smallest absolute Gasteiger partial charge is 0.121 e. The molecule has 0 amide bonds. The van der Waals surface area contributed by atoms with Crippen LogP contribution in [0.3, 0.4) is 0 Å². The van der Waals surface area contributed by atoms with Crippen molar-refractivity contribution in [1.82, 2.24) is 0 Å². The molecule has 100 valence electrons. The maximum atomic E-state index is 5.97. The Morgan fingerprint density at radius 1 is 1.16 bits per heavy atom. The van der Waals surface area contributed by atoms with Crippen molar-refractivity contribution < 1.29 is 4.74 Å². The molecule has 2 rings (SSSR count). The van der Waals surface area contributed by atoms with E-state index >= 15 is 0 Å². The average Bonchev–Trinajstić information content (AvgIpc) is 2.42. The molecule has 3 nitrogen and oxygen atoms in total. The van der Waals surface area contributed by atoms with E-state index in [0.29, 0.717) is 6.04 Å². The summed E-state index contributed by atoms with van der Waals surface area (Å²) in [6.45, 7) is 2.14. The van der Waals surface area contributed by atoms with E-state index in [2.05, 4.69) is 36.5 Å². The van der Waals surface area contributed by atoms with Gasteiger partial charge in [0.15, 0.2) is 0 Å². The Bertz CT molecular complexity index is 526. The summed E-state index contributed by atoms with van der Waals surface area (Å²) in [5.41, 5.74) is 8.93. The summed E-state index contributed by atoms with van der Waals surface area (Å²) < 4.78 is 5.21. The van der Waals surface area contributed by atoms with Crippen molar-refractivity contribution in [2.45, 2.75) is 19.4 Å². The Balaban J connectivity index is 2.04. The lowest BCUT2D eigenvalue weighted by molar-refractivity contribution is 0.415. The van der Waals surface area contributed by atoms with E-state index in [1.165, 1.54) is 5.56 Å². The van der Waals surface area contributed by atoms with Crippen LogP contribution in [0.5, 0.6) is 5.75 Å². The highest BCUT2D eigenvalue weighted by Crippen LogP contribution is 2.25. The van der Waals surface area contributed by atoms with Gasteiger partial charge in [-0.1, -0.05) is 30.3 Å². The van der Waals surface area contributed by atoms with Gasteiger partial charge in [-0.3, -0.25) is 0 Å². The maximum absolute atomic E-state index is 5.97. The van der Waals surface area contributed by atoms with Gasteiger partial charge < -0.3 is 15.8 Å². The summed E-state index contributed by atoms with van der Waals surface area (Å²) in [4.78, 5) is 0. The third kappa shape index (κ3) is 3.65. The second-order valence-electron chi connectivity index (χ2n) is 4.69. The number of hydrogen-bond acceptors (Lipinski definition) is 3. The van der Waals surface area contributed by atoms with Gasteiger partial charge in [-0.2, -0.15) is 0 Å². The zero-order valence-electron chi connectivity index (χ0n) is 11.4. The molecular formula is C16H20N2O. The van der Waals surface area contributed by atoms with Gasteiger partial charge in [-0.05, 0) is 31.0 Å². The largest absolute Gasteiger partial charge is 0.497 e. The molecule has 2 aromatic carbocycles. The van der Waals surface area contributed by atoms with E-state index < -0.39 is 0 Å². The summed E-state index contributed by atoms with van der Waals surface area (Å²) in [5, 5.41) is 3.43. The van der Waals surface area contributed by atoms with Crippen LogP contribution < -0.4 is 15.8 Å². The zero-order chi connectivity index (χ0) is 13.7. The number of hydrogen-bond donors (Lipinski definition) is 2. The topological polar surface area (TPSA) is 47.3 Å². The molecule has 0 heterocycles. The molecule has 2 aromatic rings. The Morgan fingerprint density at radius 2 is 1.89 bits per heavy atom. The fourth-order valence-corrected chi connectivity index (χ4v) is 2.07. The zero-order valence-corrected chi connectivity index (χ0v) is 11.4. The Hall–Kier alpha value is -2.16. The van der Waals surface area contributed by atoms with E-state index in [1.807, 2.05) is 24.3 Å². The van der Waals surface area contributed by atoms with Crippen LogP contribution in [0.1, 0.15) is 12.5 Å². The number of nitrogens with two attached hydrogens (primary N) is 1. The second-order valence-corrected chi connectivity index (χ2v) is 4.69. The lowest BCUT2D eigenvalue weighted by Gasteiger charge is -2.17. The number of benzene rings is 2. The van der Waals surface area contributed by atoms with Crippen molar-refractivity contribution in [3.63, 3.8) is 0 Å². The first-order chi connectivity index (χ1) is 9.19. The monoisotopic (exact) mass is 256 g/mol. The molecule has 0 aliphatic rings. The second kappa shape index (κ2) is 6.14. The van der Waals surface area contributed by atoms with Crippen LogP contribution in [-0.4, -0.2) is 13.2 Å². The van der Waals surface area contributed by atoms with Gasteiger partial charge in [0.1, 0.15) is 5.75 Å². The minimum Gasteiger partial charge on any atom is -0.497 e. The number of nitrogen functional groups attached to an aromatic ring is 1. The van der Waals surface area contributed by atoms with Crippen molar-refractivity contribution in [2.24, 2.45) is 0 Å². The van der Waals surface area contributed by atoms with Crippen LogP contribution in [0.15, 0.2) is 48.5 Å². The van der Waals surface area contributed by atoms with Gasteiger partial charge >= 0.3 is 0 Å². The molecule has 0 saturated heterocycles. The lowest BCUT2D eigenvalue weighted by atomic mass is 10.1. The fraction of sp³-hybridized carbons (Fsp3) is 0.250. The highest BCUT2D eigenvalue weighted by Gasteiger charge is 2.07. The quantitative estimate of drug-likeness (QED) is 0.807. The summed E-state index contributed by atoms with van der Waals surface area (Å²) in [5.74, 6) is 0.809. The van der Waals surface area contributed by atoms with Crippen LogP contribution >= 0.6 is 0 Å². The minimum absolute atomic E-state index is 0.303. The van der Waals surface area contributed by atoms with Gasteiger partial charge in [0.2, 0.25) is 0 Å². The highest BCUT2D eigenvalue weighted by molar-refractivity contribution is 5.68. The molecule has 0 aromatic heterocycles. The van der Waals surface area contributed by atoms with Crippen LogP contribution in [0.25, 0.3) is 0 Å². The molecule has 3 heteroatoms. The third-order valence-electron chi connectivity index (χ3n) is 3.05. The van der Waals surface area contributed by atoms with Gasteiger partial charge in [-0.25, -0.2) is 0 Å². The van der Waals surface area contributed by atoms with Crippen LogP contribution in [-0.2, 0) is 6.42 Å². The van der Waals surface area contributed by atoms with Gasteiger partial charge in [0.25, 0.3) is 0 Å². The molecule has 1 atom stereocenters. The molecule has 0 radical (unpaired) electrons. The van der Waals surface area contributed by atoms with E-state index in [4.69, 9.17) is 10.5 Å². The fourth-order valence-electron chi connectivity index (χ4n) is 2.07. The third-order valence-corrected chi connectivity index (χ3v) is 3.05. The molecule has 0 aliphatic heterocycles. The molecule has 0 saturated carbocycles. The first-order valence-electron chi connectivity index (χ1n) is 6.43. The molecular weight excluding hydrogens is 236 g/mol. The molecule has 0 bridgehead atoms. The van der Waals surface area contributed by atoms with E-state index in [9.17, 15) is 0 Å². The standard InChI is InChI=1S/C16H20N2O/c1-12(10-13-6-4-3-5-7-13)18-16-11-14(19-2)8-9-15(16)17/h3-9,11-12,18H,10,17H2,1-2H3. The number of nitrogens with one attached hydrogen (secondary N) is 1. The lowest BCUT2D eigenvalue weighted by Crippen LogP contribution is -2.18. The molecule has 3 N–H and O–H groups in total. The van der Waals surface area contributed by atoms with Crippen LogP contribution in [0, 0.1) is 0 Å². The summed E-state index contributed by atoms with van der Waals surface area (Å²) in [6.07, 6.45) is 0.956. The molecule has 0 fully saturated rings. The Kier molecular flexibility index (Phi) is 4.29. The summed E-state index contributed by atoms with van der Waals surface area (Å²) in [7, 11) is 1.66. The van der Waals surface area contributed by atoms with Crippen LogP contribution in [0.2, 0.25) is 0 Å². The number of ether oxygens (including phenoxy) is 1. The summed E-state index contributed by atoms with van der Waals surface area (Å²) in [6, 6.07) is 16.4. The normalized spacial score (nSPS) is 11.9. The number of rotatable bonds is 5. The van der Waals surface area contributed by atoms with Crippen molar-refractivity contribution in [3.8, 4) is 5.75 Å². The maximum Gasteiger partial charge on any atom is 0.121 e. The Labute approximate surface area is 114 Å². The van der Waals surface area contributed by atoms with E-state index in [-0.39, 0.29) is 0 Å². The van der Waals surface area contributed by atoms with E-state index in [1.54, 1.807) is 7.11 Å². The van der Waals surface area contributed by atoms with Gasteiger partial charge in [-0.15, -0.1) is 0 Å². The number of anilines is 2. The van der Waals surface area contributed by atoms with Crippen LogP contribution in [0.4, 0.5) is 11.4 Å². The number of methoxy groups -OCH3 is 1. The Morgan fingerprint density at radius 3 is 2.58 bits per heavy atom. The van der Waals surface area contributed by atoms with E-state index in [0.717, 1.165) is 23.5 Å². The van der Waals surface area contributed by atoms with Crippen molar-refractivity contribution in [1.29, 1.82) is 0 Å². The van der Waals surface area contributed by atoms with Gasteiger partial charge in [0, 0.05) is 12.1 Å². The SMILES string of the molecule is COc1ccc(N)c(NC(C)Cc2ccccc2)c1. The van der Waals surface area contributed by atoms with Crippen molar-refractivity contribution in [3.05, 3.63) is 54.1 Å². The highest BCUT2D eigenvalue weighted by atomic mass is 16.5. The van der Waals surface area contributed by atoms with Crippen molar-refractivity contribution in [2.75, 3.05) is 18.2 Å². The first kappa shape index (κ1) is 13.3. The minimum atomic E-state index is 0.303. The van der Waals surface area contributed by atoms with Crippen molar-refractivity contribution >= 4 is 11.4 Å². The predicted molar refractivity (Wildman–Crippen MR) is 80.6 cm³/mol. The molecule has 19 heavy (non-hydrogen) atoms. The summed E-state index contributed by atoms with van der Waals surface area (Å²) >= 11 is 0. The van der Waals surface area contributed by atoms with Gasteiger partial charge in [0.05, 0.1) is 18.5 Å². The first-order valence-corrected chi connectivity index (χ1v) is 6.43. The molecule has 1 unspecified atom stereocenters. The molecule has 0 spiro atoms. The average molecular weight is 256 g/mol. The molecule has 0 aliphatic carbocycles.